The van der Waals surface area contributed by atoms with Gasteiger partial charge in [0.15, 0.2) is 0 Å². The number of H-pyrrole nitrogens is 1. The molecule has 3 rings (SSSR count). The van der Waals surface area contributed by atoms with E-state index >= 15 is 0 Å². The van der Waals surface area contributed by atoms with Crippen LogP contribution in [0.1, 0.15) is 23.2 Å². The maximum Gasteiger partial charge on any atom is 0.256 e. The van der Waals surface area contributed by atoms with E-state index < -0.39 is 15.3 Å². The van der Waals surface area contributed by atoms with E-state index in [1.54, 1.807) is 17.3 Å². The van der Waals surface area contributed by atoms with Gasteiger partial charge in [-0.2, -0.15) is 0 Å². The van der Waals surface area contributed by atoms with Crippen LogP contribution in [-0.2, 0) is 10.0 Å². The lowest BCUT2D eigenvalue weighted by atomic mass is 10.0. The van der Waals surface area contributed by atoms with Crippen molar-refractivity contribution >= 4 is 15.9 Å². The number of carbonyl (C=O) groups excluding carboxylic acids is 1. The number of hydrogen-bond donors (Lipinski definition) is 2. The van der Waals surface area contributed by atoms with Crippen LogP contribution in [-0.4, -0.2) is 42.5 Å². The molecule has 0 radical (unpaired) electrons. The molecule has 3 N–H and O–H groups in total. The van der Waals surface area contributed by atoms with Crippen molar-refractivity contribution < 1.29 is 13.2 Å². The van der Waals surface area contributed by atoms with Gasteiger partial charge >= 0.3 is 0 Å². The summed E-state index contributed by atoms with van der Waals surface area (Å²) < 4.78 is 23.1. The summed E-state index contributed by atoms with van der Waals surface area (Å²) in [4.78, 5) is 17.3. The first-order chi connectivity index (χ1) is 11.0. The summed E-state index contributed by atoms with van der Waals surface area (Å²) >= 11 is 0. The smallest absolute Gasteiger partial charge is 0.256 e. The maximum absolute atomic E-state index is 12.8. The van der Waals surface area contributed by atoms with Gasteiger partial charge in [0.25, 0.3) is 5.91 Å². The monoisotopic (exact) mass is 333 g/mol. The van der Waals surface area contributed by atoms with E-state index in [0.29, 0.717) is 24.9 Å². The first kappa shape index (κ1) is 15.8. The highest BCUT2D eigenvalue weighted by Crippen LogP contribution is 2.26. The molecule has 0 aliphatic carbocycles. The Balaban J connectivity index is 1.86. The lowest BCUT2D eigenvalue weighted by Crippen LogP contribution is -2.47. The number of sulfonamides is 1. The van der Waals surface area contributed by atoms with Crippen LogP contribution >= 0.6 is 0 Å². The molecule has 1 saturated heterocycles. The summed E-state index contributed by atoms with van der Waals surface area (Å²) in [7, 11) is -3.63. The number of rotatable bonds is 3. The van der Waals surface area contributed by atoms with Crippen molar-refractivity contribution in [2.45, 2.75) is 18.1 Å². The van der Waals surface area contributed by atoms with Crippen molar-refractivity contribution in [2.75, 3.05) is 13.1 Å². The zero-order chi connectivity index (χ0) is 16.4. The molecule has 7 heteroatoms. The molecule has 23 heavy (non-hydrogen) atoms. The number of carbonyl (C=O) groups is 1. The number of aromatic amines is 1. The highest BCUT2D eigenvalue weighted by molar-refractivity contribution is 7.89. The summed E-state index contributed by atoms with van der Waals surface area (Å²) in [5.41, 5.74) is 2.30. The van der Waals surface area contributed by atoms with Crippen molar-refractivity contribution in [1.82, 2.24) is 9.88 Å². The first-order valence-corrected chi connectivity index (χ1v) is 9.11. The quantitative estimate of drug-likeness (QED) is 0.892. The van der Waals surface area contributed by atoms with Gasteiger partial charge in [0.2, 0.25) is 10.0 Å². The Labute approximate surface area is 135 Å². The topological polar surface area (TPSA) is 96.3 Å². The predicted molar refractivity (Wildman–Crippen MR) is 88.3 cm³/mol. The van der Waals surface area contributed by atoms with Gasteiger partial charge < -0.3 is 9.88 Å². The van der Waals surface area contributed by atoms with Gasteiger partial charge in [-0.3, -0.25) is 4.79 Å². The SMILES string of the molecule is NS(=O)(=O)C1CCCN(C(=O)c2c[nH]cc2-c2ccccc2)C1. The number of aromatic nitrogens is 1. The molecule has 1 atom stereocenters. The molecule has 1 aromatic carbocycles. The summed E-state index contributed by atoms with van der Waals surface area (Å²) in [5.74, 6) is -0.168. The van der Waals surface area contributed by atoms with Crippen LogP contribution in [0.4, 0.5) is 0 Å². The van der Waals surface area contributed by atoms with Gasteiger partial charge in [-0.25, -0.2) is 13.6 Å². The number of nitrogens with zero attached hydrogens (tertiary/aromatic N) is 1. The molecular formula is C16H19N3O3S. The number of primary sulfonamides is 1. The normalized spacial score (nSPS) is 18.8. The number of hydrogen-bond acceptors (Lipinski definition) is 3. The minimum atomic E-state index is -3.63. The fourth-order valence-corrected chi connectivity index (χ4v) is 3.84. The summed E-state index contributed by atoms with van der Waals surface area (Å²) in [6.45, 7) is 0.696. The Morgan fingerprint density at radius 2 is 1.96 bits per heavy atom. The maximum atomic E-state index is 12.8. The molecule has 0 bridgehead atoms. The van der Waals surface area contributed by atoms with Crippen LogP contribution in [0.2, 0.25) is 0 Å². The van der Waals surface area contributed by atoms with Crippen molar-refractivity contribution in [2.24, 2.45) is 5.14 Å². The minimum Gasteiger partial charge on any atom is -0.366 e. The highest BCUT2D eigenvalue weighted by atomic mass is 32.2. The zero-order valence-electron chi connectivity index (χ0n) is 12.6. The summed E-state index contributed by atoms with van der Waals surface area (Å²) in [6, 6.07) is 9.61. The fourth-order valence-electron chi connectivity index (χ4n) is 2.96. The summed E-state index contributed by atoms with van der Waals surface area (Å²) in [5, 5.41) is 4.56. The molecule has 1 aromatic heterocycles. The fraction of sp³-hybridized carbons (Fsp3) is 0.312. The van der Waals surface area contributed by atoms with E-state index in [1.165, 1.54) is 0 Å². The Hall–Kier alpha value is -2.12. The van der Waals surface area contributed by atoms with Gasteiger partial charge in [-0.1, -0.05) is 30.3 Å². The Kier molecular flexibility index (Phi) is 4.23. The van der Waals surface area contributed by atoms with Crippen molar-refractivity contribution in [3.05, 3.63) is 48.3 Å². The third-order valence-electron chi connectivity index (χ3n) is 4.19. The molecule has 6 nitrogen and oxygen atoms in total. The number of amides is 1. The average Bonchev–Trinajstić information content (AvgIpc) is 3.04. The van der Waals surface area contributed by atoms with E-state index in [-0.39, 0.29) is 12.5 Å². The Morgan fingerprint density at radius 1 is 1.22 bits per heavy atom. The van der Waals surface area contributed by atoms with E-state index in [0.717, 1.165) is 11.1 Å². The van der Waals surface area contributed by atoms with E-state index in [9.17, 15) is 13.2 Å². The second-order valence-corrected chi connectivity index (χ2v) is 7.60. The van der Waals surface area contributed by atoms with Gasteiger partial charge in [0.05, 0.1) is 10.8 Å². The van der Waals surface area contributed by atoms with Crippen molar-refractivity contribution in [3.8, 4) is 11.1 Å². The molecule has 0 saturated carbocycles. The van der Waals surface area contributed by atoms with Crippen LogP contribution in [0, 0.1) is 0 Å². The zero-order valence-corrected chi connectivity index (χ0v) is 13.4. The van der Waals surface area contributed by atoms with Crippen molar-refractivity contribution in [1.29, 1.82) is 0 Å². The van der Waals surface area contributed by atoms with Gasteiger partial charge in [0.1, 0.15) is 0 Å². The average molecular weight is 333 g/mol. The van der Waals surface area contributed by atoms with Crippen molar-refractivity contribution in [3.63, 3.8) is 0 Å². The molecule has 1 aliphatic rings. The Bertz CT molecular complexity index is 799. The molecular weight excluding hydrogens is 314 g/mol. The van der Waals surface area contributed by atoms with E-state index in [4.69, 9.17) is 5.14 Å². The lowest BCUT2D eigenvalue weighted by molar-refractivity contribution is 0.0728. The van der Waals surface area contributed by atoms with Gasteiger partial charge in [-0.05, 0) is 18.4 Å². The number of piperidine rings is 1. The first-order valence-electron chi connectivity index (χ1n) is 7.50. The third kappa shape index (κ3) is 3.30. The second kappa shape index (κ2) is 6.17. The van der Waals surface area contributed by atoms with Gasteiger partial charge in [-0.15, -0.1) is 0 Å². The minimum absolute atomic E-state index is 0.150. The molecule has 2 heterocycles. The van der Waals surface area contributed by atoms with Crippen LogP contribution in [0.15, 0.2) is 42.7 Å². The standard InChI is InChI=1S/C16H19N3O3S/c17-23(21,22)13-7-4-8-19(11-13)16(20)15-10-18-9-14(15)12-5-2-1-3-6-12/h1-3,5-6,9-10,13,18H,4,7-8,11H2,(H2,17,21,22). The number of benzene rings is 1. The summed E-state index contributed by atoms with van der Waals surface area (Å²) in [6.07, 6.45) is 4.58. The van der Waals surface area contributed by atoms with Crippen LogP contribution < -0.4 is 5.14 Å². The van der Waals surface area contributed by atoms with E-state index in [2.05, 4.69) is 4.98 Å². The highest BCUT2D eigenvalue weighted by Gasteiger charge is 2.31. The molecule has 1 fully saturated rings. The van der Waals surface area contributed by atoms with Gasteiger partial charge in [0, 0.05) is 31.0 Å². The second-order valence-electron chi connectivity index (χ2n) is 5.75. The van der Waals surface area contributed by atoms with E-state index in [1.807, 2.05) is 30.3 Å². The lowest BCUT2D eigenvalue weighted by Gasteiger charge is -2.31. The molecule has 2 aromatic rings. The molecule has 1 amide bonds. The Morgan fingerprint density at radius 3 is 2.65 bits per heavy atom. The number of likely N-dealkylation sites (tertiary alicyclic amines) is 1. The molecule has 122 valence electrons. The number of nitrogens with two attached hydrogens (primary N) is 1. The van der Waals surface area contributed by atoms with Crippen LogP contribution in [0.5, 0.6) is 0 Å². The largest absolute Gasteiger partial charge is 0.366 e. The molecule has 1 unspecified atom stereocenters. The van der Waals surface area contributed by atoms with Crippen LogP contribution in [0.3, 0.4) is 0 Å². The number of nitrogens with one attached hydrogen (secondary N) is 1. The predicted octanol–water partition coefficient (Wildman–Crippen LogP) is 1.57. The van der Waals surface area contributed by atoms with Crippen LogP contribution in [0.25, 0.3) is 11.1 Å². The molecule has 1 aliphatic heterocycles. The molecule has 0 spiro atoms. The third-order valence-corrected chi connectivity index (χ3v) is 5.50.